The number of carbonyl (C=O) groups excluding carboxylic acids is 4. The molecule has 8 bridgehead atoms. The van der Waals surface area contributed by atoms with Crippen LogP contribution in [-0.4, -0.2) is 63.6 Å². The molecule has 0 fully saturated rings. The Morgan fingerprint density at radius 1 is 0.938 bits per heavy atom. The number of rotatable bonds is 8. The highest BCUT2D eigenvalue weighted by Gasteiger charge is 2.45. The molecule has 1 unspecified atom stereocenters. The van der Waals surface area contributed by atoms with Crippen molar-refractivity contribution in [2.45, 2.75) is 90.4 Å². The molecule has 3 aromatic rings. The predicted octanol–water partition coefficient (Wildman–Crippen LogP) is 5.63. The quantitative estimate of drug-likeness (QED) is 0.138. The fourth-order valence-corrected chi connectivity index (χ4v) is 7.92. The lowest BCUT2D eigenvalue weighted by molar-refractivity contribution is -0.141. The first-order valence-corrected chi connectivity index (χ1v) is 16.8. The number of amides is 1. The molecule has 0 radical (unpaired) electrons. The van der Waals surface area contributed by atoms with Gasteiger partial charge in [0, 0.05) is 88.0 Å². The van der Waals surface area contributed by atoms with Crippen molar-refractivity contribution in [1.82, 2.24) is 25.3 Å². The largest absolute Gasteiger partial charge is 0.468 e. The summed E-state index contributed by atoms with van der Waals surface area (Å²) in [5.41, 5.74) is 14.5. The van der Waals surface area contributed by atoms with E-state index in [4.69, 9.17) is 20.4 Å². The second-order valence-electron chi connectivity index (χ2n) is 13.3. The fourth-order valence-electron chi connectivity index (χ4n) is 7.92. The summed E-state index contributed by atoms with van der Waals surface area (Å²) in [5, 5.41) is 2.84. The van der Waals surface area contributed by atoms with Gasteiger partial charge in [-0.1, -0.05) is 20.8 Å². The lowest BCUT2D eigenvalue weighted by Crippen LogP contribution is -2.29. The zero-order chi connectivity index (χ0) is 34.6. The van der Waals surface area contributed by atoms with Gasteiger partial charge in [-0.2, -0.15) is 0 Å². The van der Waals surface area contributed by atoms with Gasteiger partial charge in [0.15, 0.2) is 11.6 Å². The van der Waals surface area contributed by atoms with E-state index in [1.54, 1.807) is 6.92 Å². The number of esters is 1. The number of ketones is 2. The number of hydrogen-bond acceptors (Lipinski definition) is 8. The Morgan fingerprint density at radius 3 is 2.25 bits per heavy atom. The first kappa shape index (κ1) is 33.3. The van der Waals surface area contributed by atoms with Crippen LogP contribution in [0.25, 0.3) is 22.1 Å². The van der Waals surface area contributed by atoms with Gasteiger partial charge in [0.1, 0.15) is 5.92 Å². The highest BCUT2D eigenvalue weighted by atomic mass is 16.5. The molecule has 0 aromatic carbocycles. The van der Waals surface area contributed by atoms with Crippen LogP contribution in [0, 0.1) is 13.8 Å². The van der Waals surface area contributed by atoms with Crippen LogP contribution in [0.1, 0.15) is 137 Å². The molecule has 3 aromatic heterocycles. The van der Waals surface area contributed by atoms with Gasteiger partial charge in [-0.15, -0.1) is 0 Å². The van der Waals surface area contributed by atoms with Crippen molar-refractivity contribution in [2.75, 3.05) is 20.2 Å². The molecule has 48 heavy (non-hydrogen) atoms. The zero-order valence-electron chi connectivity index (χ0n) is 28.7. The SMILES string of the molecule is CC[C@H]1c2cc3[nH]c4c(c3C)C(=O)C(C(=O)OC)c4c3nc(cc4[nH]c(cc(n2)[C@@H]1C)c(C(C)=O)c4C)[C@@H](C)[C@@H]3CCC(=O)NCCN. The van der Waals surface area contributed by atoms with Gasteiger partial charge < -0.3 is 25.8 Å². The summed E-state index contributed by atoms with van der Waals surface area (Å²) >= 11 is 0. The minimum Gasteiger partial charge on any atom is -0.468 e. The number of H-pyrrole nitrogens is 2. The fraction of sp³-hybridized carbons (Fsp3) is 0.459. The van der Waals surface area contributed by atoms with Crippen LogP contribution < -0.4 is 11.1 Å². The van der Waals surface area contributed by atoms with Crippen molar-refractivity contribution in [3.8, 4) is 0 Å². The third kappa shape index (κ3) is 5.34. The average molecular weight is 653 g/mol. The Balaban J connectivity index is 1.73. The van der Waals surface area contributed by atoms with Crippen LogP contribution in [0.3, 0.4) is 0 Å². The maximum atomic E-state index is 14.1. The van der Waals surface area contributed by atoms with E-state index in [1.165, 1.54) is 7.11 Å². The first-order valence-electron chi connectivity index (χ1n) is 16.8. The number of methoxy groups -OCH3 is 1. The van der Waals surface area contributed by atoms with Crippen molar-refractivity contribution < 1.29 is 23.9 Å². The minimum atomic E-state index is -1.19. The summed E-state index contributed by atoms with van der Waals surface area (Å²) in [6.45, 7) is 12.4. The summed E-state index contributed by atoms with van der Waals surface area (Å²) < 4.78 is 5.19. The minimum absolute atomic E-state index is 0.0562. The number of nitrogens with two attached hydrogens (primary N) is 1. The maximum absolute atomic E-state index is 14.1. The molecule has 6 rings (SSSR count). The van der Waals surface area contributed by atoms with E-state index >= 15 is 0 Å². The number of nitrogens with zero attached hydrogens (tertiary/aromatic N) is 2. The lowest BCUT2D eigenvalue weighted by atomic mass is 9.84. The number of aromatic amines is 2. The molecule has 0 spiro atoms. The molecular weight excluding hydrogens is 608 g/mol. The maximum Gasteiger partial charge on any atom is 0.321 e. The smallest absolute Gasteiger partial charge is 0.321 e. The summed E-state index contributed by atoms with van der Waals surface area (Å²) in [7, 11) is 1.28. The van der Waals surface area contributed by atoms with Crippen LogP contribution in [-0.2, 0) is 14.3 Å². The molecule has 2 aliphatic heterocycles. The highest BCUT2D eigenvalue weighted by molar-refractivity contribution is 6.23. The van der Waals surface area contributed by atoms with Gasteiger partial charge in [0.25, 0.3) is 0 Å². The summed E-state index contributed by atoms with van der Waals surface area (Å²) in [4.78, 5) is 70.5. The molecule has 11 nitrogen and oxygen atoms in total. The molecule has 5 heterocycles. The Morgan fingerprint density at radius 2 is 1.58 bits per heavy atom. The van der Waals surface area contributed by atoms with Crippen molar-refractivity contribution in [2.24, 2.45) is 5.73 Å². The molecule has 3 aliphatic rings. The first-order chi connectivity index (χ1) is 22.9. The molecule has 0 saturated heterocycles. The van der Waals surface area contributed by atoms with E-state index in [0.717, 1.165) is 45.7 Å². The summed E-state index contributed by atoms with van der Waals surface area (Å²) in [6, 6.07) is 5.93. The standard InChI is InChI=1S/C37H44N6O5/c1-8-21-16(2)23-15-28-30(20(6)44)18(4)25(41-28)13-24-17(3)22(9-10-29(45)39-12-11-38)34(42-24)32-33(37(47)48-7)36(46)31-19(5)26(43-35(31)32)14-27(21)40-23/h13-17,21-22,33,41,43H,8-12,38H2,1-7H3,(H,39,45)/t16-,17+,21-,22+,33?/m1/s1. The highest BCUT2D eigenvalue weighted by Crippen LogP contribution is 2.48. The van der Waals surface area contributed by atoms with E-state index in [9.17, 15) is 19.2 Å². The monoisotopic (exact) mass is 652 g/mol. The molecule has 1 aliphatic carbocycles. The van der Waals surface area contributed by atoms with Crippen molar-refractivity contribution in [3.05, 3.63) is 68.8 Å². The molecule has 5 atom stereocenters. The number of fused-ring (bicyclic) bond motifs is 8. The molecule has 1 amide bonds. The Hall–Kier alpha value is -4.64. The van der Waals surface area contributed by atoms with E-state index in [1.807, 2.05) is 39.0 Å². The van der Waals surface area contributed by atoms with E-state index in [2.05, 4.69) is 29.1 Å². The van der Waals surface area contributed by atoms with Gasteiger partial charge in [-0.3, -0.25) is 29.1 Å². The second kappa shape index (κ2) is 12.8. The third-order valence-corrected chi connectivity index (χ3v) is 10.6. The van der Waals surface area contributed by atoms with E-state index in [0.29, 0.717) is 52.9 Å². The second-order valence-corrected chi connectivity index (χ2v) is 13.3. The Bertz CT molecular complexity index is 2020. The van der Waals surface area contributed by atoms with Crippen molar-refractivity contribution in [3.63, 3.8) is 0 Å². The third-order valence-electron chi connectivity index (χ3n) is 10.6. The summed E-state index contributed by atoms with van der Waals surface area (Å²) in [5.74, 6) is -2.61. The van der Waals surface area contributed by atoms with Crippen LogP contribution in [0.5, 0.6) is 0 Å². The Labute approximate surface area is 279 Å². The average Bonchev–Trinajstić information content (AvgIpc) is 3.79. The van der Waals surface area contributed by atoms with Crippen LogP contribution in [0.4, 0.5) is 0 Å². The number of carbonyl (C=O) groups is 4. The number of Topliss-reactive ketones (excluding diaryl/α,β-unsaturated/α-hetero) is 2. The predicted molar refractivity (Wildman–Crippen MR) is 183 cm³/mol. The van der Waals surface area contributed by atoms with Crippen LogP contribution >= 0.6 is 0 Å². The van der Waals surface area contributed by atoms with Crippen molar-refractivity contribution >= 4 is 45.5 Å². The van der Waals surface area contributed by atoms with Crippen LogP contribution in [0.2, 0.25) is 0 Å². The number of aryl methyl sites for hydroxylation is 2. The lowest BCUT2D eigenvalue weighted by Gasteiger charge is -2.19. The number of nitrogens with one attached hydrogen (secondary N) is 3. The molecule has 0 saturated carbocycles. The topological polar surface area (TPSA) is 173 Å². The Kier molecular flexibility index (Phi) is 8.84. The van der Waals surface area contributed by atoms with E-state index < -0.39 is 11.9 Å². The van der Waals surface area contributed by atoms with Gasteiger partial charge >= 0.3 is 5.97 Å². The van der Waals surface area contributed by atoms with Crippen molar-refractivity contribution in [1.29, 1.82) is 0 Å². The molecule has 5 N–H and O–H groups in total. The van der Waals surface area contributed by atoms with E-state index in [-0.39, 0.29) is 47.6 Å². The van der Waals surface area contributed by atoms with Gasteiger partial charge in [-0.05, 0) is 62.9 Å². The van der Waals surface area contributed by atoms with Gasteiger partial charge in [0.2, 0.25) is 5.91 Å². The summed E-state index contributed by atoms with van der Waals surface area (Å²) in [6.07, 6.45) is 1.50. The number of hydrogen-bond donors (Lipinski definition) is 4. The zero-order valence-corrected chi connectivity index (χ0v) is 28.7. The normalized spacial score (nSPS) is 21.4. The van der Waals surface area contributed by atoms with Gasteiger partial charge in [0.05, 0.1) is 23.8 Å². The number of ether oxygens (including phenoxy) is 1. The van der Waals surface area contributed by atoms with Gasteiger partial charge in [-0.25, -0.2) is 0 Å². The van der Waals surface area contributed by atoms with Crippen LogP contribution in [0.15, 0.2) is 18.2 Å². The molecule has 252 valence electrons. The molecular formula is C37H44N6O5. The number of aromatic nitrogens is 4. The molecule has 11 heteroatoms.